The van der Waals surface area contributed by atoms with Gasteiger partial charge in [0.15, 0.2) is 0 Å². The molecule has 1 saturated heterocycles. The largest absolute Gasteiger partial charge is 0.352 e. The van der Waals surface area contributed by atoms with E-state index in [0.29, 0.717) is 43.7 Å². The minimum Gasteiger partial charge on any atom is -0.352 e. The molecule has 2 aromatic rings. The molecule has 0 aliphatic carbocycles. The zero-order valence-electron chi connectivity index (χ0n) is 15.3. The third-order valence-electron chi connectivity index (χ3n) is 4.64. The highest BCUT2D eigenvalue weighted by Gasteiger charge is 2.22. The van der Waals surface area contributed by atoms with Crippen molar-refractivity contribution >= 4 is 18.2 Å². The SMILES string of the molecule is O=CN1CCN(C(=O)c2cncc(C(=O)NCCc3ccccc3F)c2)CC1. The van der Waals surface area contributed by atoms with E-state index in [1.807, 2.05) is 0 Å². The van der Waals surface area contributed by atoms with Crippen molar-refractivity contribution in [3.8, 4) is 0 Å². The van der Waals surface area contributed by atoms with E-state index in [1.165, 1.54) is 24.5 Å². The van der Waals surface area contributed by atoms with Gasteiger partial charge in [-0.05, 0) is 24.1 Å². The van der Waals surface area contributed by atoms with Crippen LogP contribution in [-0.2, 0) is 11.2 Å². The predicted molar refractivity (Wildman–Crippen MR) is 100 cm³/mol. The second-order valence-electron chi connectivity index (χ2n) is 6.49. The van der Waals surface area contributed by atoms with Crippen molar-refractivity contribution in [3.05, 3.63) is 65.2 Å². The number of halogens is 1. The quantitative estimate of drug-likeness (QED) is 0.757. The number of rotatable bonds is 6. The molecule has 0 atom stereocenters. The number of carbonyl (C=O) groups excluding carboxylic acids is 3. The van der Waals surface area contributed by atoms with E-state index in [2.05, 4.69) is 10.3 Å². The number of hydrogen-bond acceptors (Lipinski definition) is 4. The molecule has 0 unspecified atom stereocenters. The summed E-state index contributed by atoms with van der Waals surface area (Å²) in [5.41, 5.74) is 1.12. The first kappa shape index (κ1) is 19.5. The van der Waals surface area contributed by atoms with Crippen molar-refractivity contribution in [2.45, 2.75) is 6.42 Å². The highest BCUT2D eigenvalue weighted by molar-refractivity contribution is 5.99. The maximum absolute atomic E-state index is 13.6. The summed E-state index contributed by atoms with van der Waals surface area (Å²) in [6.45, 7) is 2.12. The molecule has 3 rings (SSSR count). The first-order valence-corrected chi connectivity index (χ1v) is 9.04. The standard InChI is InChI=1S/C20H21FN4O3/c21-18-4-2-1-3-15(18)5-6-23-19(27)16-11-17(13-22-12-16)20(28)25-9-7-24(14-26)8-10-25/h1-4,11-14H,5-10H2,(H,23,27). The fourth-order valence-electron chi connectivity index (χ4n) is 3.01. The summed E-state index contributed by atoms with van der Waals surface area (Å²) in [4.78, 5) is 43.0. The molecule has 0 bridgehead atoms. The second kappa shape index (κ2) is 9.07. The lowest BCUT2D eigenvalue weighted by Gasteiger charge is -2.32. The highest BCUT2D eigenvalue weighted by Crippen LogP contribution is 2.10. The summed E-state index contributed by atoms with van der Waals surface area (Å²) in [5, 5.41) is 2.72. The molecule has 2 heterocycles. The summed E-state index contributed by atoms with van der Waals surface area (Å²) in [7, 11) is 0. The number of amides is 3. The van der Waals surface area contributed by atoms with Crippen molar-refractivity contribution in [2.75, 3.05) is 32.7 Å². The Morgan fingerprint density at radius 1 is 1.11 bits per heavy atom. The molecule has 1 aliphatic heterocycles. The van der Waals surface area contributed by atoms with E-state index in [0.717, 1.165) is 6.41 Å². The van der Waals surface area contributed by atoms with E-state index in [-0.39, 0.29) is 29.7 Å². The Bertz CT molecular complexity index is 866. The average Bonchev–Trinajstić information content (AvgIpc) is 2.74. The van der Waals surface area contributed by atoms with Gasteiger partial charge in [0.05, 0.1) is 11.1 Å². The minimum atomic E-state index is -0.371. The molecule has 1 aromatic carbocycles. The van der Waals surface area contributed by atoms with Crippen molar-refractivity contribution in [3.63, 3.8) is 0 Å². The van der Waals surface area contributed by atoms with Crippen molar-refractivity contribution in [1.29, 1.82) is 0 Å². The van der Waals surface area contributed by atoms with Gasteiger partial charge in [-0.15, -0.1) is 0 Å². The molecule has 146 valence electrons. The lowest BCUT2D eigenvalue weighted by atomic mass is 10.1. The first-order chi connectivity index (χ1) is 13.6. The predicted octanol–water partition coefficient (Wildman–Crippen LogP) is 1.11. The first-order valence-electron chi connectivity index (χ1n) is 9.04. The molecule has 1 aromatic heterocycles. The fraction of sp³-hybridized carbons (Fsp3) is 0.300. The normalized spacial score (nSPS) is 13.9. The van der Waals surface area contributed by atoms with Crippen LogP contribution >= 0.6 is 0 Å². The number of nitrogens with one attached hydrogen (secondary N) is 1. The zero-order chi connectivity index (χ0) is 19.9. The van der Waals surface area contributed by atoms with Crippen molar-refractivity contribution in [1.82, 2.24) is 20.1 Å². The molecular weight excluding hydrogens is 363 g/mol. The molecule has 0 saturated carbocycles. The van der Waals surface area contributed by atoms with Gasteiger partial charge in [0, 0.05) is 45.1 Å². The number of hydrogen-bond donors (Lipinski definition) is 1. The van der Waals surface area contributed by atoms with Crippen LogP contribution in [0.2, 0.25) is 0 Å². The monoisotopic (exact) mass is 384 g/mol. The molecule has 0 spiro atoms. The second-order valence-corrected chi connectivity index (χ2v) is 6.49. The van der Waals surface area contributed by atoms with Crippen LogP contribution in [0.4, 0.5) is 4.39 Å². The van der Waals surface area contributed by atoms with Crippen molar-refractivity contribution < 1.29 is 18.8 Å². The van der Waals surface area contributed by atoms with E-state index in [1.54, 1.807) is 28.0 Å². The van der Waals surface area contributed by atoms with E-state index < -0.39 is 0 Å². The Balaban J connectivity index is 1.58. The van der Waals surface area contributed by atoms with Crippen LogP contribution in [0.25, 0.3) is 0 Å². The zero-order valence-corrected chi connectivity index (χ0v) is 15.3. The van der Waals surface area contributed by atoms with Gasteiger partial charge in [0.25, 0.3) is 11.8 Å². The molecule has 0 radical (unpaired) electrons. The summed E-state index contributed by atoms with van der Waals surface area (Å²) in [6.07, 6.45) is 3.95. The molecule has 3 amide bonds. The number of pyridine rings is 1. The summed E-state index contributed by atoms with van der Waals surface area (Å²) in [5.74, 6) is -0.899. The van der Waals surface area contributed by atoms with Crippen LogP contribution in [-0.4, -0.2) is 65.7 Å². The van der Waals surface area contributed by atoms with Crippen LogP contribution in [0.3, 0.4) is 0 Å². The molecule has 28 heavy (non-hydrogen) atoms. The number of carbonyl (C=O) groups is 3. The Morgan fingerprint density at radius 3 is 2.54 bits per heavy atom. The maximum atomic E-state index is 13.6. The van der Waals surface area contributed by atoms with Gasteiger partial charge in [-0.3, -0.25) is 19.4 Å². The Hall–Kier alpha value is -3.29. The van der Waals surface area contributed by atoms with E-state index >= 15 is 0 Å². The van der Waals surface area contributed by atoms with Gasteiger partial charge in [-0.2, -0.15) is 0 Å². The Labute approximate surface area is 162 Å². The number of nitrogens with zero attached hydrogens (tertiary/aromatic N) is 3. The van der Waals surface area contributed by atoms with Crippen LogP contribution < -0.4 is 5.32 Å². The van der Waals surface area contributed by atoms with Gasteiger partial charge >= 0.3 is 0 Å². The summed E-state index contributed by atoms with van der Waals surface area (Å²) >= 11 is 0. The number of aromatic nitrogens is 1. The molecule has 7 nitrogen and oxygen atoms in total. The molecule has 1 aliphatic rings. The highest BCUT2D eigenvalue weighted by atomic mass is 19.1. The third-order valence-corrected chi connectivity index (χ3v) is 4.64. The fourth-order valence-corrected chi connectivity index (χ4v) is 3.01. The van der Waals surface area contributed by atoms with Gasteiger partial charge in [0.2, 0.25) is 6.41 Å². The van der Waals surface area contributed by atoms with Crippen LogP contribution in [0.5, 0.6) is 0 Å². The lowest BCUT2D eigenvalue weighted by Crippen LogP contribution is -2.48. The topological polar surface area (TPSA) is 82.6 Å². The average molecular weight is 384 g/mol. The maximum Gasteiger partial charge on any atom is 0.255 e. The molecular formula is C20H21FN4O3. The van der Waals surface area contributed by atoms with Crippen LogP contribution in [0.15, 0.2) is 42.7 Å². The Kier molecular flexibility index (Phi) is 6.31. The Morgan fingerprint density at radius 2 is 1.82 bits per heavy atom. The van der Waals surface area contributed by atoms with Gasteiger partial charge < -0.3 is 15.1 Å². The van der Waals surface area contributed by atoms with E-state index in [9.17, 15) is 18.8 Å². The number of piperazine rings is 1. The van der Waals surface area contributed by atoms with Gasteiger partial charge in [-0.1, -0.05) is 18.2 Å². The van der Waals surface area contributed by atoms with Crippen LogP contribution in [0.1, 0.15) is 26.3 Å². The van der Waals surface area contributed by atoms with E-state index in [4.69, 9.17) is 0 Å². The van der Waals surface area contributed by atoms with Crippen molar-refractivity contribution in [2.24, 2.45) is 0 Å². The van der Waals surface area contributed by atoms with Gasteiger partial charge in [-0.25, -0.2) is 4.39 Å². The molecule has 1 N–H and O–H groups in total. The minimum absolute atomic E-state index is 0.223. The smallest absolute Gasteiger partial charge is 0.255 e. The lowest BCUT2D eigenvalue weighted by molar-refractivity contribution is -0.119. The summed E-state index contributed by atoms with van der Waals surface area (Å²) < 4.78 is 13.6. The summed E-state index contributed by atoms with van der Waals surface area (Å²) in [6, 6.07) is 7.91. The number of benzene rings is 1. The van der Waals surface area contributed by atoms with Gasteiger partial charge in [0.1, 0.15) is 5.82 Å². The third kappa shape index (κ3) is 4.70. The molecule has 8 heteroatoms. The van der Waals surface area contributed by atoms with Crippen LogP contribution in [0, 0.1) is 5.82 Å². The molecule has 1 fully saturated rings.